The predicted octanol–water partition coefficient (Wildman–Crippen LogP) is 2.81. The molecule has 2 aromatic carbocycles. The molecule has 7 nitrogen and oxygen atoms in total. The van der Waals surface area contributed by atoms with Crippen molar-refractivity contribution in [1.82, 2.24) is 15.2 Å². The van der Waals surface area contributed by atoms with E-state index < -0.39 is 18.3 Å². The number of nitrogens with one attached hydrogen (secondary N) is 2. The highest BCUT2D eigenvalue weighted by atomic mass is 16.5. The van der Waals surface area contributed by atoms with Crippen LogP contribution in [-0.4, -0.2) is 77.2 Å². The second-order valence-electron chi connectivity index (χ2n) is 9.90. The lowest BCUT2D eigenvalue weighted by Crippen LogP contribution is -2.64. The molecule has 0 saturated carbocycles. The maximum atomic E-state index is 11.4. The monoisotopic (exact) mass is 494 g/mol. The second-order valence-corrected chi connectivity index (χ2v) is 9.90. The van der Waals surface area contributed by atoms with E-state index in [0.717, 1.165) is 62.8 Å². The van der Waals surface area contributed by atoms with E-state index in [9.17, 15) is 10.2 Å². The molecule has 0 spiro atoms. The Balaban J connectivity index is 1.38. The molecule has 2 heterocycles. The van der Waals surface area contributed by atoms with Crippen LogP contribution in [0, 0.1) is 0 Å². The lowest BCUT2D eigenvalue weighted by atomic mass is 9.92. The van der Waals surface area contributed by atoms with Gasteiger partial charge in [0.2, 0.25) is 0 Å². The summed E-state index contributed by atoms with van der Waals surface area (Å²) < 4.78 is 6.08. The lowest BCUT2D eigenvalue weighted by Gasteiger charge is -2.45. The van der Waals surface area contributed by atoms with Gasteiger partial charge in [0.15, 0.2) is 0 Å². The molecule has 3 aromatic rings. The van der Waals surface area contributed by atoms with Crippen LogP contribution in [0.15, 0.2) is 60.8 Å². The Labute approximate surface area is 214 Å². The number of aliphatic hydroxyl groups is 2. The smallest absolute Gasteiger partial charge is 0.112 e. The van der Waals surface area contributed by atoms with Gasteiger partial charge in [-0.2, -0.15) is 0 Å². The first-order chi connectivity index (χ1) is 17.7. The largest absolute Gasteiger partial charge is 0.389 e. The summed E-state index contributed by atoms with van der Waals surface area (Å²) in [5, 5.41) is 27.1. The van der Waals surface area contributed by atoms with Gasteiger partial charge in [0.05, 0.1) is 24.9 Å². The first-order valence-corrected chi connectivity index (χ1v) is 13.4. The Morgan fingerprint density at radius 2 is 1.78 bits per heavy atom. The molecule has 4 rings (SSSR count). The third kappa shape index (κ3) is 7.16. The average molecular weight is 495 g/mol. The number of H-pyrrole nitrogens is 1. The molecule has 4 atom stereocenters. The van der Waals surface area contributed by atoms with Crippen molar-refractivity contribution in [3.8, 4) is 0 Å². The van der Waals surface area contributed by atoms with Crippen molar-refractivity contribution in [2.75, 3.05) is 32.7 Å². The number of nitrogens with two attached hydrogens (primary N) is 1. The van der Waals surface area contributed by atoms with Crippen LogP contribution in [-0.2, 0) is 17.8 Å². The lowest BCUT2D eigenvalue weighted by molar-refractivity contribution is -0.165. The Morgan fingerprint density at radius 1 is 1.00 bits per heavy atom. The van der Waals surface area contributed by atoms with Crippen molar-refractivity contribution >= 4 is 10.9 Å². The van der Waals surface area contributed by atoms with Crippen molar-refractivity contribution in [1.29, 1.82) is 0 Å². The van der Waals surface area contributed by atoms with Crippen LogP contribution < -0.4 is 11.1 Å². The minimum absolute atomic E-state index is 0.136. The quantitative estimate of drug-likeness (QED) is 0.221. The van der Waals surface area contributed by atoms with Crippen molar-refractivity contribution < 1.29 is 14.9 Å². The third-order valence-corrected chi connectivity index (χ3v) is 7.29. The highest BCUT2D eigenvalue weighted by molar-refractivity contribution is 5.83. The van der Waals surface area contributed by atoms with E-state index in [1.165, 1.54) is 10.9 Å². The van der Waals surface area contributed by atoms with Gasteiger partial charge in [-0.05, 0) is 49.5 Å². The topological polar surface area (TPSA) is 107 Å². The van der Waals surface area contributed by atoms with Gasteiger partial charge in [0, 0.05) is 36.7 Å². The molecule has 1 aliphatic heterocycles. The van der Waals surface area contributed by atoms with Crippen LogP contribution in [0.1, 0.15) is 36.8 Å². The number of hydrogen-bond acceptors (Lipinski definition) is 6. The molecule has 1 saturated heterocycles. The number of likely N-dealkylation sites (tertiary alicyclic amines) is 1. The fourth-order valence-electron chi connectivity index (χ4n) is 5.23. The van der Waals surface area contributed by atoms with Crippen molar-refractivity contribution in [2.24, 2.45) is 5.73 Å². The molecule has 6 N–H and O–H groups in total. The zero-order valence-corrected chi connectivity index (χ0v) is 21.2. The second kappa shape index (κ2) is 13.9. The minimum Gasteiger partial charge on any atom is -0.389 e. The summed E-state index contributed by atoms with van der Waals surface area (Å²) in [6, 6.07) is 18.1. The number of hydrogen-bond donors (Lipinski definition) is 5. The van der Waals surface area contributed by atoms with Crippen LogP contribution in [0.25, 0.3) is 10.9 Å². The van der Waals surface area contributed by atoms with E-state index in [1.807, 2.05) is 36.4 Å². The van der Waals surface area contributed by atoms with Crippen molar-refractivity contribution in [2.45, 2.75) is 63.1 Å². The molecule has 0 aliphatic carbocycles. The van der Waals surface area contributed by atoms with Gasteiger partial charge in [-0.1, -0.05) is 61.4 Å². The van der Waals surface area contributed by atoms with Crippen molar-refractivity contribution in [3.05, 3.63) is 71.9 Å². The summed E-state index contributed by atoms with van der Waals surface area (Å²) in [7, 11) is 0. The molecule has 1 fully saturated rings. The Hall–Kier alpha value is -2.26. The summed E-state index contributed by atoms with van der Waals surface area (Å²) in [5.41, 5.74) is 9.01. The summed E-state index contributed by atoms with van der Waals surface area (Å²) in [6.45, 7) is 3.91. The maximum Gasteiger partial charge on any atom is 0.112 e. The normalized spacial score (nSPS) is 22.9. The number of aliphatic hydroxyl groups excluding tert-OH is 2. The number of piperidine rings is 1. The first-order valence-electron chi connectivity index (χ1n) is 13.4. The van der Waals surface area contributed by atoms with E-state index in [1.54, 1.807) is 0 Å². The maximum absolute atomic E-state index is 11.4. The Morgan fingerprint density at radius 3 is 2.61 bits per heavy atom. The molecule has 7 heteroatoms. The summed E-state index contributed by atoms with van der Waals surface area (Å²) in [6.07, 6.45) is 5.23. The van der Waals surface area contributed by atoms with E-state index in [4.69, 9.17) is 10.5 Å². The van der Waals surface area contributed by atoms with Crippen LogP contribution in [0.2, 0.25) is 0 Å². The van der Waals surface area contributed by atoms with E-state index >= 15 is 0 Å². The molecule has 0 unspecified atom stereocenters. The van der Waals surface area contributed by atoms with Crippen LogP contribution in [0.5, 0.6) is 0 Å². The van der Waals surface area contributed by atoms with E-state index in [-0.39, 0.29) is 6.04 Å². The zero-order chi connectivity index (χ0) is 25.2. The number of rotatable bonds is 14. The van der Waals surface area contributed by atoms with Gasteiger partial charge < -0.3 is 31.0 Å². The number of aromatic nitrogens is 1. The number of ether oxygens (including phenoxy) is 1. The number of nitrogens with zero attached hydrogens (tertiary/aromatic N) is 1. The number of para-hydroxylation sites is 1. The minimum atomic E-state index is -0.787. The third-order valence-electron chi connectivity index (χ3n) is 7.29. The van der Waals surface area contributed by atoms with Crippen LogP contribution in [0.4, 0.5) is 0 Å². The number of β-amino-alcohol motifs (C(OH)–C–C–N with tert-alkyl or cyclic N) is 1. The standard InChI is InChI=1S/C29H42N4O3/c30-15-8-1-2-9-16-31-19-26-28(35)29(36-21-22-10-4-3-5-11-22)27(34)20-33(26)17-14-23-18-32-25-13-7-6-12-24(23)25/h3-7,10-13,18,26-29,31-32,34-35H,1-2,8-9,14-17,19-21,30H2/t26-,27+,28+,29+/m0/s1. The van der Waals surface area contributed by atoms with Crippen LogP contribution in [0.3, 0.4) is 0 Å². The number of benzene rings is 2. The fourth-order valence-corrected chi connectivity index (χ4v) is 5.23. The molecular formula is C29H42N4O3. The van der Waals surface area contributed by atoms with Crippen LogP contribution >= 0.6 is 0 Å². The van der Waals surface area contributed by atoms with Gasteiger partial charge >= 0.3 is 0 Å². The van der Waals surface area contributed by atoms with E-state index in [0.29, 0.717) is 19.7 Å². The first kappa shape index (κ1) is 26.8. The summed E-state index contributed by atoms with van der Waals surface area (Å²) >= 11 is 0. The Bertz CT molecular complexity index is 1030. The van der Waals surface area contributed by atoms with Crippen molar-refractivity contribution in [3.63, 3.8) is 0 Å². The van der Waals surface area contributed by atoms with Gasteiger partial charge in [-0.25, -0.2) is 0 Å². The number of aromatic amines is 1. The molecule has 0 amide bonds. The molecule has 36 heavy (non-hydrogen) atoms. The Kier molecular flexibility index (Phi) is 10.3. The van der Waals surface area contributed by atoms with Gasteiger partial charge in [0.25, 0.3) is 0 Å². The predicted molar refractivity (Wildman–Crippen MR) is 145 cm³/mol. The number of unbranched alkanes of at least 4 members (excludes halogenated alkanes) is 3. The number of fused-ring (bicyclic) bond motifs is 1. The molecule has 0 radical (unpaired) electrons. The molecule has 1 aliphatic rings. The van der Waals surface area contributed by atoms with Gasteiger partial charge in [0.1, 0.15) is 6.10 Å². The summed E-state index contributed by atoms with van der Waals surface area (Å²) in [4.78, 5) is 5.57. The molecule has 0 bridgehead atoms. The average Bonchev–Trinajstić information content (AvgIpc) is 3.31. The van der Waals surface area contributed by atoms with Gasteiger partial charge in [-0.15, -0.1) is 0 Å². The molecule has 1 aromatic heterocycles. The van der Waals surface area contributed by atoms with E-state index in [2.05, 4.69) is 39.6 Å². The highest BCUT2D eigenvalue weighted by Crippen LogP contribution is 2.24. The molecule has 196 valence electrons. The summed E-state index contributed by atoms with van der Waals surface area (Å²) in [5.74, 6) is 0. The SMILES string of the molecule is NCCCCCCNC[C@H]1[C@@H](O)[C@H](OCc2ccccc2)[C@H](O)CN1CCc1c[nH]c2ccccc12. The molecular weight excluding hydrogens is 452 g/mol. The highest BCUT2D eigenvalue weighted by Gasteiger charge is 2.42. The van der Waals surface area contributed by atoms with Gasteiger partial charge in [-0.3, -0.25) is 4.90 Å². The fraction of sp³-hybridized carbons (Fsp3) is 0.517. The zero-order valence-electron chi connectivity index (χ0n) is 21.2.